The molecule has 16 heavy (non-hydrogen) atoms. The number of carboxylic acid groups (broad SMARTS) is 1. The molecule has 1 saturated heterocycles. The molecule has 3 heteroatoms. The molecule has 0 aliphatic carbocycles. The van der Waals surface area contributed by atoms with Crippen molar-refractivity contribution in [2.45, 2.75) is 46.5 Å². The summed E-state index contributed by atoms with van der Waals surface area (Å²) in [6, 6.07) is 0. The molecule has 0 spiro atoms. The van der Waals surface area contributed by atoms with Gasteiger partial charge in [0.2, 0.25) is 0 Å². The topological polar surface area (TPSA) is 40.5 Å². The lowest BCUT2D eigenvalue weighted by Crippen LogP contribution is -2.39. The Bertz CT molecular complexity index is 227. The number of rotatable bonds is 4. The predicted octanol–water partition coefficient (Wildman–Crippen LogP) is 2.61. The normalized spacial score (nSPS) is 20.7. The minimum Gasteiger partial charge on any atom is -0.481 e. The summed E-state index contributed by atoms with van der Waals surface area (Å²) >= 11 is 0. The molecule has 1 unspecified atom stereocenters. The third-order valence-corrected chi connectivity index (χ3v) is 3.57. The van der Waals surface area contributed by atoms with E-state index in [-0.39, 0.29) is 11.3 Å². The fourth-order valence-electron chi connectivity index (χ4n) is 2.31. The zero-order valence-electron chi connectivity index (χ0n) is 10.8. The summed E-state index contributed by atoms with van der Waals surface area (Å²) in [4.78, 5) is 13.3. The summed E-state index contributed by atoms with van der Waals surface area (Å²) in [5.41, 5.74) is 0.0792. The quantitative estimate of drug-likeness (QED) is 0.802. The van der Waals surface area contributed by atoms with Crippen molar-refractivity contribution in [3.8, 4) is 0 Å². The van der Waals surface area contributed by atoms with Crippen molar-refractivity contribution in [1.82, 2.24) is 4.90 Å². The van der Waals surface area contributed by atoms with E-state index in [0.29, 0.717) is 6.42 Å². The smallest absolute Gasteiger partial charge is 0.303 e. The van der Waals surface area contributed by atoms with Crippen LogP contribution < -0.4 is 0 Å². The van der Waals surface area contributed by atoms with Crippen LogP contribution in [0.15, 0.2) is 0 Å². The minimum atomic E-state index is -0.670. The van der Waals surface area contributed by atoms with Gasteiger partial charge in [-0.05, 0) is 37.3 Å². The lowest BCUT2D eigenvalue weighted by Gasteiger charge is -2.36. The number of carbonyl (C=O) groups is 1. The Morgan fingerprint density at radius 2 is 1.81 bits per heavy atom. The van der Waals surface area contributed by atoms with Crippen molar-refractivity contribution in [1.29, 1.82) is 0 Å². The summed E-state index contributed by atoms with van der Waals surface area (Å²) < 4.78 is 0. The van der Waals surface area contributed by atoms with E-state index in [2.05, 4.69) is 25.7 Å². The molecule has 1 heterocycles. The Balaban J connectivity index is 2.51. The molecule has 0 bridgehead atoms. The molecule has 0 radical (unpaired) electrons. The van der Waals surface area contributed by atoms with Crippen LogP contribution in [0.5, 0.6) is 0 Å². The molecule has 1 rings (SSSR count). The molecule has 0 amide bonds. The fraction of sp³-hybridized carbons (Fsp3) is 0.923. The van der Waals surface area contributed by atoms with Gasteiger partial charge in [-0.3, -0.25) is 4.79 Å². The number of likely N-dealkylation sites (tertiary alicyclic amines) is 1. The summed E-state index contributed by atoms with van der Waals surface area (Å²) in [6.07, 6.45) is 4.16. The number of nitrogens with zero attached hydrogens (tertiary/aromatic N) is 1. The first kappa shape index (κ1) is 13.5. The van der Waals surface area contributed by atoms with Crippen LogP contribution in [0.4, 0.5) is 0 Å². The number of piperidine rings is 1. The molecule has 1 aliphatic heterocycles. The highest BCUT2D eigenvalue weighted by molar-refractivity contribution is 5.67. The lowest BCUT2D eigenvalue weighted by atomic mass is 9.78. The van der Waals surface area contributed by atoms with Crippen LogP contribution in [0, 0.1) is 11.3 Å². The van der Waals surface area contributed by atoms with Crippen LogP contribution in [0.2, 0.25) is 0 Å². The van der Waals surface area contributed by atoms with Crippen molar-refractivity contribution in [3.63, 3.8) is 0 Å². The van der Waals surface area contributed by atoms with E-state index in [9.17, 15) is 4.79 Å². The highest BCUT2D eigenvalue weighted by Gasteiger charge is 2.29. The van der Waals surface area contributed by atoms with Crippen LogP contribution in [-0.4, -0.2) is 35.6 Å². The van der Waals surface area contributed by atoms with Gasteiger partial charge in [-0.1, -0.05) is 27.2 Å². The number of hydrogen-bond donors (Lipinski definition) is 1. The van der Waals surface area contributed by atoms with Gasteiger partial charge >= 0.3 is 5.97 Å². The van der Waals surface area contributed by atoms with Gasteiger partial charge in [-0.15, -0.1) is 0 Å². The second-order valence-electron chi connectivity index (χ2n) is 6.02. The molecule has 1 fully saturated rings. The van der Waals surface area contributed by atoms with E-state index < -0.39 is 5.97 Å². The van der Waals surface area contributed by atoms with E-state index in [1.54, 1.807) is 0 Å². The largest absolute Gasteiger partial charge is 0.481 e. The summed E-state index contributed by atoms with van der Waals surface area (Å²) in [6.45, 7) is 9.66. The molecule has 0 aromatic carbocycles. The summed E-state index contributed by atoms with van der Waals surface area (Å²) in [5.74, 6) is -0.417. The van der Waals surface area contributed by atoms with E-state index in [1.165, 1.54) is 19.3 Å². The first-order chi connectivity index (χ1) is 7.39. The molecule has 94 valence electrons. The second-order valence-corrected chi connectivity index (χ2v) is 6.02. The minimum absolute atomic E-state index is 0.0792. The van der Waals surface area contributed by atoms with Crippen LogP contribution in [-0.2, 0) is 4.79 Å². The average Bonchev–Trinajstić information content (AvgIpc) is 2.16. The highest BCUT2D eigenvalue weighted by atomic mass is 16.4. The Kier molecular flexibility index (Phi) is 4.78. The van der Waals surface area contributed by atoms with Crippen molar-refractivity contribution < 1.29 is 9.90 Å². The first-order valence-electron chi connectivity index (χ1n) is 6.34. The maximum absolute atomic E-state index is 10.9. The summed E-state index contributed by atoms with van der Waals surface area (Å²) in [7, 11) is 0. The van der Waals surface area contributed by atoms with Gasteiger partial charge < -0.3 is 10.0 Å². The molecule has 0 saturated carbocycles. The van der Waals surface area contributed by atoms with E-state index >= 15 is 0 Å². The first-order valence-corrected chi connectivity index (χ1v) is 6.34. The van der Waals surface area contributed by atoms with Gasteiger partial charge in [-0.2, -0.15) is 0 Å². The number of hydrogen-bond acceptors (Lipinski definition) is 2. The molecular weight excluding hydrogens is 202 g/mol. The third-order valence-electron chi connectivity index (χ3n) is 3.57. The molecule has 1 aliphatic rings. The third kappa shape index (κ3) is 4.52. The lowest BCUT2D eigenvalue weighted by molar-refractivity contribution is -0.139. The van der Waals surface area contributed by atoms with Gasteiger partial charge in [0.05, 0.1) is 0 Å². The standard InChI is InChI=1S/C13H25NO2/c1-13(2,3)11(9-12(15)16)10-14-7-5-4-6-8-14/h11H,4-10H2,1-3H3,(H,15,16). The van der Waals surface area contributed by atoms with Crippen LogP contribution in [0.3, 0.4) is 0 Å². The van der Waals surface area contributed by atoms with Gasteiger partial charge in [0.1, 0.15) is 0 Å². The molecule has 0 aromatic rings. The SMILES string of the molecule is CC(C)(C)C(CC(=O)O)CN1CCCCC1. The maximum atomic E-state index is 10.9. The fourth-order valence-corrected chi connectivity index (χ4v) is 2.31. The zero-order valence-corrected chi connectivity index (χ0v) is 10.8. The average molecular weight is 227 g/mol. The van der Waals surface area contributed by atoms with Crippen molar-refractivity contribution in [2.24, 2.45) is 11.3 Å². The molecule has 0 aromatic heterocycles. The molecule has 1 N–H and O–H groups in total. The zero-order chi connectivity index (χ0) is 12.2. The maximum Gasteiger partial charge on any atom is 0.303 e. The monoisotopic (exact) mass is 227 g/mol. The van der Waals surface area contributed by atoms with Crippen molar-refractivity contribution in [2.75, 3.05) is 19.6 Å². The second kappa shape index (κ2) is 5.67. The van der Waals surface area contributed by atoms with Crippen LogP contribution in [0.1, 0.15) is 46.5 Å². The summed E-state index contributed by atoms with van der Waals surface area (Å²) in [5, 5.41) is 8.96. The predicted molar refractivity (Wildman–Crippen MR) is 65.5 cm³/mol. The van der Waals surface area contributed by atoms with E-state index in [0.717, 1.165) is 19.6 Å². The molecular formula is C13H25NO2. The Hall–Kier alpha value is -0.570. The van der Waals surface area contributed by atoms with Crippen LogP contribution in [0.25, 0.3) is 0 Å². The molecule has 1 atom stereocenters. The van der Waals surface area contributed by atoms with Gasteiger partial charge in [0.15, 0.2) is 0 Å². The van der Waals surface area contributed by atoms with Gasteiger partial charge in [-0.25, -0.2) is 0 Å². The van der Waals surface area contributed by atoms with E-state index in [1.807, 2.05) is 0 Å². The van der Waals surface area contributed by atoms with Crippen molar-refractivity contribution in [3.05, 3.63) is 0 Å². The number of aliphatic carboxylic acids is 1. The van der Waals surface area contributed by atoms with Crippen molar-refractivity contribution >= 4 is 5.97 Å². The van der Waals surface area contributed by atoms with Crippen LogP contribution >= 0.6 is 0 Å². The van der Waals surface area contributed by atoms with Gasteiger partial charge in [0, 0.05) is 13.0 Å². The number of carboxylic acids is 1. The Labute approximate surface area is 98.8 Å². The van der Waals surface area contributed by atoms with E-state index in [4.69, 9.17) is 5.11 Å². The highest BCUT2D eigenvalue weighted by Crippen LogP contribution is 2.30. The van der Waals surface area contributed by atoms with Gasteiger partial charge in [0.25, 0.3) is 0 Å². The Morgan fingerprint density at radius 1 is 1.25 bits per heavy atom. The Morgan fingerprint density at radius 3 is 2.25 bits per heavy atom. The molecule has 3 nitrogen and oxygen atoms in total.